The van der Waals surface area contributed by atoms with Crippen molar-refractivity contribution in [1.29, 1.82) is 0 Å². The van der Waals surface area contributed by atoms with Crippen molar-refractivity contribution >= 4 is 12.2 Å². The van der Waals surface area contributed by atoms with E-state index in [1.165, 1.54) is 6.07 Å². The van der Waals surface area contributed by atoms with E-state index >= 15 is 0 Å². The molecular formula is C15H17FN2S. The Morgan fingerprint density at radius 1 is 1.26 bits per heavy atom. The average molecular weight is 276 g/mol. The first kappa shape index (κ1) is 13.9. The number of hydrogen-bond acceptors (Lipinski definition) is 2. The average Bonchev–Trinajstić information content (AvgIpc) is 2.31. The van der Waals surface area contributed by atoms with Gasteiger partial charge in [0.15, 0.2) is 0 Å². The van der Waals surface area contributed by atoms with Crippen molar-refractivity contribution in [3.63, 3.8) is 0 Å². The van der Waals surface area contributed by atoms with E-state index in [4.69, 9.17) is 12.2 Å². The molecule has 0 aliphatic heterocycles. The van der Waals surface area contributed by atoms with E-state index in [9.17, 15) is 4.39 Å². The lowest BCUT2D eigenvalue weighted by atomic mass is 10.0. The Labute approximate surface area is 117 Å². The van der Waals surface area contributed by atoms with Crippen LogP contribution in [0.5, 0.6) is 0 Å². The summed E-state index contributed by atoms with van der Waals surface area (Å²) in [7, 11) is 0. The van der Waals surface area contributed by atoms with E-state index in [0.29, 0.717) is 21.9 Å². The third kappa shape index (κ3) is 2.73. The summed E-state index contributed by atoms with van der Waals surface area (Å²) in [4.78, 5) is 7.69. The van der Waals surface area contributed by atoms with Crippen molar-refractivity contribution in [3.8, 4) is 11.4 Å². The number of aromatic nitrogens is 2. The van der Waals surface area contributed by atoms with Crippen LogP contribution < -0.4 is 0 Å². The summed E-state index contributed by atoms with van der Waals surface area (Å²) in [5.74, 6) is 0.813. The summed E-state index contributed by atoms with van der Waals surface area (Å²) in [5.41, 5.74) is 3.54. The summed E-state index contributed by atoms with van der Waals surface area (Å²) < 4.78 is 13.9. The third-order valence-corrected chi connectivity index (χ3v) is 3.47. The number of halogens is 1. The third-order valence-electron chi connectivity index (χ3n) is 3.16. The van der Waals surface area contributed by atoms with Crippen LogP contribution in [0.3, 0.4) is 0 Å². The minimum Gasteiger partial charge on any atom is -0.343 e. The standard InChI is InChI=1S/C15H17FN2S/c1-8(2)13-10(4)17-14(18-15(13)19)11-5-6-12(16)9(3)7-11/h5-8H,1-4H3,(H,17,18,19). The fourth-order valence-corrected chi connectivity index (χ4v) is 2.68. The molecule has 0 fully saturated rings. The van der Waals surface area contributed by atoms with Crippen LogP contribution in [0.1, 0.15) is 36.6 Å². The maximum absolute atomic E-state index is 13.3. The first-order chi connectivity index (χ1) is 8.90. The molecule has 2 aromatic rings. The van der Waals surface area contributed by atoms with Crippen LogP contribution in [-0.4, -0.2) is 9.97 Å². The molecule has 2 nitrogen and oxygen atoms in total. The van der Waals surface area contributed by atoms with Gasteiger partial charge in [-0.25, -0.2) is 9.37 Å². The van der Waals surface area contributed by atoms with Gasteiger partial charge >= 0.3 is 0 Å². The Balaban J connectivity index is 2.58. The van der Waals surface area contributed by atoms with Crippen molar-refractivity contribution < 1.29 is 4.39 Å². The SMILES string of the molecule is Cc1cc(-c2nc(=S)c(C(C)C)c(C)[nH]2)ccc1F. The lowest BCUT2D eigenvalue weighted by Gasteiger charge is -2.12. The van der Waals surface area contributed by atoms with Gasteiger partial charge in [0.05, 0.1) is 0 Å². The molecule has 19 heavy (non-hydrogen) atoms. The van der Waals surface area contributed by atoms with Crippen molar-refractivity contribution in [3.05, 3.63) is 45.5 Å². The minimum absolute atomic E-state index is 0.210. The molecule has 0 spiro atoms. The zero-order valence-electron chi connectivity index (χ0n) is 11.5. The van der Waals surface area contributed by atoms with Gasteiger partial charge in [0, 0.05) is 16.8 Å². The second-order valence-electron chi connectivity index (χ2n) is 5.05. The quantitative estimate of drug-likeness (QED) is 0.806. The Bertz CT molecular complexity index is 674. The predicted molar refractivity (Wildman–Crippen MR) is 78.4 cm³/mol. The van der Waals surface area contributed by atoms with Gasteiger partial charge in [0.25, 0.3) is 0 Å². The van der Waals surface area contributed by atoms with Gasteiger partial charge in [0.2, 0.25) is 0 Å². The van der Waals surface area contributed by atoms with E-state index < -0.39 is 0 Å². The molecule has 1 heterocycles. The van der Waals surface area contributed by atoms with Gasteiger partial charge in [-0.2, -0.15) is 0 Å². The predicted octanol–water partition coefficient (Wildman–Crippen LogP) is 4.69. The lowest BCUT2D eigenvalue weighted by Crippen LogP contribution is -2.02. The van der Waals surface area contributed by atoms with E-state index in [1.54, 1.807) is 19.1 Å². The number of hydrogen-bond donors (Lipinski definition) is 1. The first-order valence-electron chi connectivity index (χ1n) is 6.27. The molecule has 0 atom stereocenters. The molecule has 0 radical (unpaired) electrons. The van der Waals surface area contributed by atoms with Crippen LogP contribution in [0.25, 0.3) is 11.4 Å². The molecule has 1 aromatic heterocycles. The number of aromatic amines is 1. The highest BCUT2D eigenvalue weighted by Crippen LogP contribution is 2.23. The molecular weight excluding hydrogens is 259 g/mol. The number of rotatable bonds is 2. The van der Waals surface area contributed by atoms with Gasteiger partial charge in [-0.15, -0.1) is 0 Å². The van der Waals surface area contributed by atoms with E-state index in [2.05, 4.69) is 23.8 Å². The molecule has 0 aliphatic carbocycles. The highest BCUT2D eigenvalue weighted by atomic mass is 32.1. The highest BCUT2D eigenvalue weighted by Gasteiger charge is 2.10. The zero-order valence-corrected chi connectivity index (χ0v) is 12.4. The maximum atomic E-state index is 13.3. The van der Waals surface area contributed by atoms with Crippen LogP contribution in [0.4, 0.5) is 4.39 Å². The van der Waals surface area contributed by atoms with Crippen molar-refractivity contribution in [2.75, 3.05) is 0 Å². The molecule has 4 heteroatoms. The van der Waals surface area contributed by atoms with Crippen LogP contribution in [-0.2, 0) is 0 Å². The number of benzene rings is 1. The fraction of sp³-hybridized carbons (Fsp3) is 0.333. The van der Waals surface area contributed by atoms with Gasteiger partial charge in [-0.1, -0.05) is 26.1 Å². The Morgan fingerprint density at radius 3 is 2.47 bits per heavy atom. The molecule has 100 valence electrons. The molecule has 0 amide bonds. The van der Waals surface area contributed by atoms with Gasteiger partial charge in [-0.3, -0.25) is 0 Å². The van der Waals surface area contributed by atoms with Gasteiger partial charge in [-0.05, 0) is 43.5 Å². The Hall–Kier alpha value is -1.55. The highest BCUT2D eigenvalue weighted by molar-refractivity contribution is 7.71. The van der Waals surface area contributed by atoms with Crippen molar-refractivity contribution in [2.24, 2.45) is 0 Å². The molecule has 0 aliphatic rings. The molecule has 0 bridgehead atoms. The normalized spacial score (nSPS) is 11.1. The van der Waals surface area contributed by atoms with Crippen LogP contribution in [0.15, 0.2) is 18.2 Å². The van der Waals surface area contributed by atoms with Crippen LogP contribution in [0, 0.1) is 24.3 Å². The summed E-state index contributed by atoms with van der Waals surface area (Å²) in [6, 6.07) is 4.94. The van der Waals surface area contributed by atoms with E-state index in [0.717, 1.165) is 16.8 Å². The smallest absolute Gasteiger partial charge is 0.139 e. The minimum atomic E-state index is -0.210. The van der Waals surface area contributed by atoms with Crippen molar-refractivity contribution in [1.82, 2.24) is 9.97 Å². The van der Waals surface area contributed by atoms with E-state index in [-0.39, 0.29) is 5.82 Å². The summed E-state index contributed by atoms with van der Waals surface area (Å²) in [6.07, 6.45) is 0. The number of nitrogens with one attached hydrogen (secondary N) is 1. The fourth-order valence-electron chi connectivity index (χ4n) is 2.20. The van der Waals surface area contributed by atoms with E-state index in [1.807, 2.05) is 6.92 Å². The number of H-pyrrole nitrogens is 1. The Morgan fingerprint density at radius 2 is 1.95 bits per heavy atom. The number of nitrogens with zero attached hydrogens (tertiary/aromatic N) is 1. The van der Waals surface area contributed by atoms with Crippen LogP contribution in [0.2, 0.25) is 0 Å². The second kappa shape index (κ2) is 5.21. The maximum Gasteiger partial charge on any atom is 0.139 e. The van der Waals surface area contributed by atoms with Crippen LogP contribution >= 0.6 is 12.2 Å². The first-order valence-corrected chi connectivity index (χ1v) is 6.68. The van der Waals surface area contributed by atoms with Crippen molar-refractivity contribution in [2.45, 2.75) is 33.6 Å². The van der Waals surface area contributed by atoms with Gasteiger partial charge < -0.3 is 4.98 Å². The largest absolute Gasteiger partial charge is 0.343 e. The summed E-state index contributed by atoms with van der Waals surface area (Å²) >= 11 is 5.36. The number of aryl methyl sites for hydroxylation is 2. The molecule has 2 rings (SSSR count). The second-order valence-corrected chi connectivity index (χ2v) is 5.43. The molecule has 1 aromatic carbocycles. The molecule has 0 saturated carbocycles. The zero-order chi connectivity index (χ0) is 14.2. The monoisotopic (exact) mass is 276 g/mol. The Kier molecular flexibility index (Phi) is 3.80. The summed E-state index contributed by atoms with van der Waals surface area (Å²) in [6.45, 7) is 7.92. The topological polar surface area (TPSA) is 28.7 Å². The molecule has 0 unspecified atom stereocenters. The molecule has 1 N–H and O–H groups in total. The lowest BCUT2D eigenvalue weighted by molar-refractivity contribution is 0.618. The molecule has 0 saturated heterocycles. The van der Waals surface area contributed by atoms with Gasteiger partial charge in [0.1, 0.15) is 16.3 Å². The summed E-state index contributed by atoms with van der Waals surface area (Å²) in [5, 5.41) is 0.